The van der Waals surface area contributed by atoms with E-state index in [0.29, 0.717) is 17.8 Å². The number of aromatic nitrogens is 1. The van der Waals surface area contributed by atoms with E-state index in [2.05, 4.69) is 31.9 Å². The number of hydrogen-bond acceptors (Lipinski definition) is 6. The van der Waals surface area contributed by atoms with Crippen LogP contribution < -0.4 is 10.0 Å². The summed E-state index contributed by atoms with van der Waals surface area (Å²) in [6.07, 6.45) is 3.02. The van der Waals surface area contributed by atoms with Crippen molar-refractivity contribution in [2.24, 2.45) is 0 Å². The number of hydrogen-bond donors (Lipinski definition) is 2. The van der Waals surface area contributed by atoms with Gasteiger partial charge in [-0.3, -0.25) is 19.4 Å². The average molecular weight is 480 g/mol. The van der Waals surface area contributed by atoms with Gasteiger partial charge in [-0.15, -0.1) is 0 Å². The Labute approximate surface area is 200 Å². The molecule has 0 aliphatic carbocycles. The van der Waals surface area contributed by atoms with Crippen LogP contribution in [0.1, 0.15) is 22.0 Å². The van der Waals surface area contributed by atoms with Crippen molar-refractivity contribution in [2.45, 2.75) is 10.9 Å². The van der Waals surface area contributed by atoms with E-state index < -0.39 is 10.0 Å². The minimum absolute atomic E-state index is 0.0814. The number of piperazine rings is 1. The van der Waals surface area contributed by atoms with Crippen LogP contribution in [0, 0.1) is 0 Å². The predicted octanol–water partition coefficient (Wildman–Crippen LogP) is 2.60. The van der Waals surface area contributed by atoms with Crippen molar-refractivity contribution < 1.29 is 13.2 Å². The topological polar surface area (TPSA) is 94.6 Å². The Morgan fingerprint density at radius 1 is 0.941 bits per heavy atom. The van der Waals surface area contributed by atoms with E-state index in [4.69, 9.17) is 0 Å². The largest absolute Gasteiger partial charge is 0.344 e. The number of sulfonamides is 1. The van der Waals surface area contributed by atoms with Crippen LogP contribution in [0.25, 0.3) is 0 Å². The minimum Gasteiger partial charge on any atom is -0.344 e. The summed E-state index contributed by atoms with van der Waals surface area (Å²) in [4.78, 5) is 21.7. The normalized spacial score (nSPS) is 16.0. The highest BCUT2D eigenvalue weighted by Gasteiger charge is 2.22. The van der Waals surface area contributed by atoms with Crippen molar-refractivity contribution in [1.29, 1.82) is 0 Å². The molecule has 2 heterocycles. The Morgan fingerprint density at radius 2 is 1.59 bits per heavy atom. The van der Waals surface area contributed by atoms with Crippen molar-refractivity contribution >= 4 is 21.6 Å². The molecule has 0 bridgehead atoms. The molecule has 34 heavy (non-hydrogen) atoms. The number of nitrogens with one attached hydrogen (secondary N) is 2. The molecule has 8 nitrogen and oxygen atoms in total. The molecule has 1 aliphatic rings. The molecule has 1 amide bonds. The van der Waals surface area contributed by atoms with Gasteiger partial charge in [0.1, 0.15) is 0 Å². The first-order valence-electron chi connectivity index (χ1n) is 11.2. The zero-order chi connectivity index (χ0) is 24.0. The lowest BCUT2D eigenvalue weighted by molar-refractivity contribution is 0.0907. The molecule has 1 aliphatic heterocycles. The number of amides is 1. The van der Waals surface area contributed by atoms with Gasteiger partial charge < -0.3 is 10.2 Å². The second-order valence-electron chi connectivity index (χ2n) is 8.41. The highest BCUT2D eigenvalue weighted by Crippen LogP contribution is 2.19. The summed E-state index contributed by atoms with van der Waals surface area (Å²) in [7, 11) is -1.65. The molecule has 1 fully saturated rings. The first-order chi connectivity index (χ1) is 16.4. The van der Waals surface area contributed by atoms with E-state index in [9.17, 15) is 13.2 Å². The van der Waals surface area contributed by atoms with Gasteiger partial charge in [-0.1, -0.05) is 30.3 Å². The van der Waals surface area contributed by atoms with Crippen molar-refractivity contribution in [3.8, 4) is 0 Å². The quantitative estimate of drug-likeness (QED) is 0.516. The van der Waals surface area contributed by atoms with Crippen LogP contribution >= 0.6 is 0 Å². The van der Waals surface area contributed by atoms with Gasteiger partial charge in [0.05, 0.1) is 16.6 Å². The summed E-state index contributed by atoms with van der Waals surface area (Å²) in [5.74, 6) is -0.242. The zero-order valence-electron chi connectivity index (χ0n) is 19.1. The molecule has 1 saturated heterocycles. The van der Waals surface area contributed by atoms with E-state index in [-0.39, 0.29) is 16.8 Å². The Morgan fingerprint density at radius 3 is 2.24 bits per heavy atom. The number of pyridine rings is 1. The Balaban J connectivity index is 1.46. The lowest BCUT2D eigenvalue weighted by Crippen LogP contribution is -2.47. The molecule has 178 valence electrons. The van der Waals surface area contributed by atoms with Crippen LogP contribution in [0.4, 0.5) is 5.69 Å². The molecule has 0 spiro atoms. The summed E-state index contributed by atoms with van der Waals surface area (Å²) in [5, 5.41) is 3.14. The Kier molecular flexibility index (Phi) is 7.56. The second kappa shape index (κ2) is 10.8. The van der Waals surface area contributed by atoms with Gasteiger partial charge in [-0.25, -0.2) is 8.42 Å². The van der Waals surface area contributed by atoms with Gasteiger partial charge in [0.2, 0.25) is 0 Å². The number of carbonyl (C=O) groups is 1. The summed E-state index contributed by atoms with van der Waals surface area (Å²) in [6.45, 7) is 4.61. The maximum Gasteiger partial charge on any atom is 0.261 e. The SMILES string of the molecule is CN1CCN(CC(NC(=O)c2ccc(S(=O)(=O)Nc3ccncc3)cc2)c2ccccc2)CC1. The molecule has 9 heteroatoms. The third-order valence-electron chi connectivity index (χ3n) is 5.90. The second-order valence-corrected chi connectivity index (χ2v) is 10.1. The summed E-state index contributed by atoms with van der Waals surface area (Å²) in [6, 6.07) is 18.8. The number of benzene rings is 2. The summed E-state index contributed by atoms with van der Waals surface area (Å²) in [5.41, 5.74) is 1.86. The van der Waals surface area contributed by atoms with Crippen LogP contribution in [0.3, 0.4) is 0 Å². The van der Waals surface area contributed by atoms with Crippen LogP contribution in [0.2, 0.25) is 0 Å². The molecular weight excluding hydrogens is 450 g/mol. The van der Waals surface area contributed by atoms with Gasteiger partial charge in [0.25, 0.3) is 15.9 Å². The van der Waals surface area contributed by atoms with Crippen LogP contribution in [0.5, 0.6) is 0 Å². The predicted molar refractivity (Wildman–Crippen MR) is 132 cm³/mol. The molecule has 2 N–H and O–H groups in total. The van der Waals surface area contributed by atoms with Gasteiger partial charge in [0.15, 0.2) is 0 Å². The number of carbonyl (C=O) groups excluding carboxylic acids is 1. The van der Waals surface area contributed by atoms with Crippen LogP contribution in [-0.2, 0) is 10.0 Å². The fourth-order valence-corrected chi connectivity index (χ4v) is 4.93. The third kappa shape index (κ3) is 6.19. The lowest BCUT2D eigenvalue weighted by Gasteiger charge is -2.35. The minimum atomic E-state index is -3.77. The smallest absolute Gasteiger partial charge is 0.261 e. The van der Waals surface area contributed by atoms with E-state index in [0.717, 1.165) is 31.7 Å². The van der Waals surface area contributed by atoms with E-state index >= 15 is 0 Å². The van der Waals surface area contributed by atoms with Crippen molar-refractivity contribution in [2.75, 3.05) is 44.5 Å². The van der Waals surface area contributed by atoms with Crippen molar-refractivity contribution in [3.05, 3.63) is 90.3 Å². The number of likely N-dealkylation sites (N-methyl/N-ethyl adjacent to an activating group) is 1. The molecule has 0 saturated carbocycles. The van der Waals surface area contributed by atoms with E-state index in [1.807, 2.05) is 30.3 Å². The molecule has 3 aromatic rings. The molecule has 0 radical (unpaired) electrons. The molecule has 1 aromatic heterocycles. The number of anilines is 1. The monoisotopic (exact) mass is 479 g/mol. The number of nitrogens with zero attached hydrogens (tertiary/aromatic N) is 3. The Bertz CT molecular complexity index is 1180. The standard InChI is InChI=1S/C25H29N5O3S/c1-29-15-17-30(18-16-29)19-24(20-5-3-2-4-6-20)27-25(31)21-7-9-23(10-8-21)34(32,33)28-22-11-13-26-14-12-22/h2-14,24H,15-19H2,1H3,(H,26,28)(H,27,31). The van der Waals surface area contributed by atoms with Gasteiger partial charge in [-0.05, 0) is 49.0 Å². The maximum absolute atomic E-state index is 13.1. The summed E-state index contributed by atoms with van der Waals surface area (Å²) >= 11 is 0. The highest BCUT2D eigenvalue weighted by molar-refractivity contribution is 7.92. The Hall–Kier alpha value is -3.27. The van der Waals surface area contributed by atoms with Crippen LogP contribution in [-0.4, -0.2) is 68.9 Å². The molecule has 2 aromatic carbocycles. The van der Waals surface area contributed by atoms with Gasteiger partial charge in [-0.2, -0.15) is 0 Å². The molecule has 1 atom stereocenters. The lowest BCUT2D eigenvalue weighted by atomic mass is 10.0. The van der Waals surface area contributed by atoms with E-state index in [1.54, 1.807) is 12.1 Å². The first kappa shape index (κ1) is 23.9. The fraction of sp³-hybridized carbons (Fsp3) is 0.280. The third-order valence-corrected chi connectivity index (χ3v) is 7.30. The zero-order valence-corrected chi connectivity index (χ0v) is 19.9. The van der Waals surface area contributed by atoms with E-state index in [1.165, 1.54) is 36.7 Å². The summed E-state index contributed by atoms with van der Waals surface area (Å²) < 4.78 is 27.8. The maximum atomic E-state index is 13.1. The molecule has 1 unspecified atom stereocenters. The van der Waals surface area contributed by atoms with Gasteiger partial charge >= 0.3 is 0 Å². The van der Waals surface area contributed by atoms with Crippen LogP contribution in [0.15, 0.2) is 84.0 Å². The number of rotatable bonds is 8. The average Bonchev–Trinajstić information content (AvgIpc) is 2.86. The van der Waals surface area contributed by atoms with Gasteiger partial charge in [0, 0.05) is 50.7 Å². The fourth-order valence-electron chi connectivity index (χ4n) is 3.87. The highest BCUT2D eigenvalue weighted by atomic mass is 32.2. The molecular formula is C25H29N5O3S. The van der Waals surface area contributed by atoms with Crippen molar-refractivity contribution in [1.82, 2.24) is 20.1 Å². The van der Waals surface area contributed by atoms with Crippen molar-refractivity contribution in [3.63, 3.8) is 0 Å². The molecule has 4 rings (SSSR count). The first-order valence-corrected chi connectivity index (χ1v) is 12.7.